The van der Waals surface area contributed by atoms with Gasteiger partial charge in [-0.3, -0.25) is 4.79 Å². The lowest BCUT2D eigenvalue weighted by molar-refractivity contribution is -0.135. The van der Waals surface area contributed by atoms with Gasteiger partial charge >= 0.3 is 0 Å². The summed E-state index contributed by atoms with van der Waals surface area (Å²) in [6, 6.07) is 8.04. The highest BCUT2D eigenvalue weighted by Gasteiger charge is 2.29. The standard InChI is InChI=1S/C18H22N2O2S/c1-14-6-2-3-8-16(14)22-12-9-17(21)20-11-5-4-7-15(20)18-19-10-13-23-18/h2-3,6,8,10,13,15H,4-5,7,9,11-12H2,1H3/t15-/m1/s1. The molecule has 1 atom stereocenters. The van der Waals surface area contributed by atoms with Crippen LogP contribution in [0.25, 0.3) is 0 Å². The van der Waals surface area contributed by atoms with E-state index in [1.807, 2.05) is 47.7 Å². The summed E-state index contributed by atoms with van der Waals surface area (Å²) < 4.78 is 5.76. The lowest BCUT2D eigenvalue weighted by Crippen LogP contribution is -2.39. The van der Waals surface area contributed by atoms with Crippen molar-refractivity contribution in [2.75, 3.05) is 13.2 Å². The van der Waals surface area contributed by atoms with Crippen LogP contribution in [-0.4, -0.2) is 28.9 Å². The van der Waals surface area contributed by atoms with Crippen LogP contribution in [0.3, 0.4) is 0 Å². The first-order valence-corrected chi connectivity index (χ1v) is 9.01. The van der Waals surface area contributed by atoms with E-state index < -0.39 is 0 Å². The van der Waals surface area contributed by atoms with Crippen LogP contribution in [0.2, 0.25) is 0 Å². The molecular formula is C18H22N2O2S. The predicted octanol–water partition coefficient (Wildman–Crippen LogP) is 3.97. The second kappa shape index (κ2) is 7.59. The molecule has 5 heteroatoms. The number of thiazole rings is 1. The molecule has 0 aliphatic carbocycles. The van der Waals surface area contributed by atoms with E-state index in [0.29, 0.717) is 13.0 Å². The van der Waals surface area contributed by atoms with Crippen molar-refractivity contribution in [2.24, 2.45) is 0 Å². The number of amides is 1. The highest BCUT2D eigenvalue weighted by Crippen LogP contribution is 2.32. The van der Waals surface area contributed by atoms with Gasteiger partial charge in [0.2, 0.25) is 5.91 Å². The molecule has 1 fully saturated rings. The zero-order valence-electron chi connectivity index (χ0n) is 13.4. The Morgan fingerprint density at radius 2 is 2.26 bits per heavy atom. The van der Waals surface area contributed by atoms with Crippen LogP contribution in [-0.2, 0) is 4.79 Å². The summed E-state index contributed by atoms with van der Waals surface area (Å²) in [5, 5.41) is 3.03. The summed E-state index contributed by atoms with van der Waals surface area (Å²) >= 11 is 1.64. The summed E-state index contributed by atoms with van der Waals surface area (Å²) in [5.41, 5.74) is 1.10. The Balaban J connectivity index is 1.57. The highest BCUT2D eigenvalue weighted by molar-refractivity contribution is 7.09. The lowest BCUT2D eigenvalue weighted by atomic mass is 10.0. The third kappa shape index (κ3) is 3.91. The first-order chi connectivity index (χ1) is 11.3. The van der Waals surface area contributed by atoms with Crippen LogP contribution in [0.5, 0.6) is 5.75 Å². The molecule has 1 aliphatic heterocycles. The van der Waals surface area contributed by atoms with Crippen molar-refractivity contribution in [1.29, 1.82) is 0 Å². The van der Waals surface area contributed by atoms with E-state index in [1.165, 1.54) is 0 Å². The molecule has 0 bridgehead atoms. The van der Waals surface area contributed by atoms with E-state index in [0.717, 1.165) is 42.1 Å². The van der Waals surface area contributed by atoms with Gasteiger partial charge in [0.25, 0.3) is 0 Å². The minimum Gasteiger partial charge on any atom is -0.493 e. The fraction of sp³-hybridized carbons (Fsp3) is 0.444. The van der Waals surface area contributed by atoms with Gasteiger partial charge in [-0.05, 0) is 37.8 Å². The number of para-hydroxylation sites is 1. The number of hydrogen-bond acceptors (Lipinski definition) is 4. The monoisotopic (exact) mass is 330 g/mol. The van der Waals surface area contributed by atoms with Gasteiger partial charge in [0, 0.05) is 18.1 Å². The van der Waals surface area contributed by atoms with Gasteiger partial charge in [-0.15, -0.1) is 11.3 Å². The molecular weight excluding hydrogens is 308 g/mol. The topological polar surface area (TPSA) is 42.4 Å². The Kier molecular flexibility index (Phi) is 5.28. The maximum atomic E-state index is 12.6. The van der Waals surface area contributed by atoms with Gasteiger partial charge in [0.1, 0.15) is 10.8 Å². The minimum absolute atomic E-state index is 0.148. The van der Waals surface area contributed by atoms with Crippen molar-refractivity contribution in [2.45, 2.75) is 38.6 Å². The van der Waals surface area contributed by atoms with Crippen LogP contribution in [0.15, 0.2) is 35.8 Å². The Morgan fingerprint density at radius 3 is 3.04 bits per heavy atom. The van der Waals surface area contributed by atoms with E-state index in [1.54, 1.807) is 11.3 Å². The number of nitrogens with zero attached hydrogens (tertiary/aromatic N) is 2. The molecule has 1 aromatic heterocycles. The van der Waals surface area contributed by atoms with Crippen LogP contribution >= 0.6 is 11.3 Å². The van der Waals surface area contributed by atoms with E-state index in [2.05, 4.69) is 4.98 Å². The quantitative estimate of drug-likeness (QED) is 0.833. The smallest absolute Gasteiger partial charge is 0.226 e. The molecule has 2 aromatic rings. The second-order valence-corrected chi connectivity index (χ2v) is 6.76. The number of hydrogen-bond donors (Lipinski definition) is 0. The van der Waals surface area contributed by atoms with Crippen molar-refractivity contribution < 1.29 is 9.53 Å². The maximum Gasteiger partial charge on any atom is 0.226 e. The van der Waals surface area contributed by atoms with Crippen molar-refractivity contribution in [3.05, 3.63) is 46.4 Å². The lowest BCUT2D eigenvalue weighted by Gasteiger charge is -2.34. The largest absolute Gasteiger partial charge is 0.493 e. The number of aryl methyl sites for hydroxylation is 1. The average molecular weight is 330 g/mol. The fourth-order valence-corrected chi connectivity index (χ4v) is 3.78. The van der Waals surface area contributed by atoms with Gasteiger partial charge in [0.05, 0.1) is 19.1 Å². The molecule has 3 rings (SSSR count). The van der Waals surface area contributed by atoms with Crippen LogP contribution in [0.4, 0.5) is 0 Å². The fourth-order valence-electron chi connectivity index (χ4n) is 3.00. The highest BCUT2D eigenvalue weighted by atomic mass is 32.1. The molecule has 0 N–H and O–H groups in total. The number of aromatic nitrogens is 1. The summed E-state index contributed by atoms with van der Waals surface area (Å²) in [4.78, 5) is 19.0. The normalized spacial score (nSPS) is 18.0. The third-order valence-corrected chi connectivity index (χ3v) is 5.10. The Bertz CT molecular complexity index is 642. The number of benzene rings is 1. The van der Waals surface area contributed by atoms with Gasteiger partial charge < -0.3 is 9.64 Å². The number of carbonyl (C=O) groups excluding carboxylic acids is 1. The molecule has 2 heterocycles. The molecule has 0 radical (unpaired) electrons. The summed E-state index contributed by atoms with van der Waals surface area (Å²) in [6.45, 7) is 3.26. The first kappa shape index (κ1) is 16.0. The van der Waals surface area contributed by atoms with Crippen molar-refractivity contribution in [1.82, 2.24) is 9.88 Å². The van der Waals surface area contributed by atoms with Crippen LogP contribution in [0, 0.1) is 6.92 Å². The van der Waals surface area contributed by atoms with E-state index in [4.69, 9.17) is 4.74 Å². The summed E-state index contributed by atoms with van der Waals surface area (Å²) in [6.07, 6.45) is 5.48. The molecule has 122 valence electrons. The molecule has 1 aromatic carbocycles. The van der Waals surface area contributed by atoms with Crippen molar-refractivity contribution in [3.8, 4) is 5.75 Å². The molecule has 0 saturated carbocycles. The molecule has 0 unspecified atom stereocenters. The van der Waals surface area contributed by atoms with Crippen LogP contribution in [0.1, 0.15) is 42.3 Å². The SMILES string of the molecule is Cc1ccccc1OCCC(=O)N1CCCC[C@@H]1c1nccs1. The number of piperidine rings is 1. The number of likely N-dealkylation sites (tertiary alicyclic amines) is 1. The second-order valence-electron chi connectivity index (χ2n) is 5.83. The zero-order valence-corrected chi connectivity index (χ0v) is 14.2. The first-order valence-electron chi connectivity index (χ1n) is 8.13. The molecule has 1 saturated heterocycles. The van der Waals surface area contributed by atoms with Crippen molar-refractivity contribution >= 4 is 17.2 Å². The summed E-state index contributed by atoms with van der Waals surface area (Å²) in [7, 11) is 0. The van der Waals surface area contributed by atoms with Crippen molar-refractivity contribution in [3.63, 3.8) is 0 Å². The van der Waals surface area contributed by atoms with Gasteiger partial charge in [-0.25, -0.2) is 4.98 Å². The Hall–Kier alpha value is -1.88. The number of ether oxygens (including phenoxy) is 1. The third-order valence-electron chi connectivity index (χ3n) is 4.23. The van der Waals surface area contributed by atoms with Gasteiger partial charge in [0.15, 0.2) is 0 Å². The zero-order chi connectivity index (χ0) is 16.1. The predicted molar refractivity (Wildman–Crippen MR) is 91.7 cm³/mol. The molecule has 1 aliphatic rings. The molecule has 23 heavy (non-hydrogen) atoms. The van der Waals surface area contributed by atoms with Gasteiger partial charge in [-0.1, -0.05) is 18.2 Å². The van der Waals surface area contributed by atoms with Crippen LogP contribution < -0.4 is 4.74 Å². The Morgan fingerprint density at radius 1 is 1.39 bits per heavy atom. The molecule has 1 amide bonds. The molecule has 0 spiro atoms. The number of carbonyl (C=O) groups is 1. The van der Waals surface area contributed by atoms with E-state index >= 15 is 0 Å². The van der Waals surface area contributed by atoms with Gasteiger partial charge in [-0.2, -0.15) is 0 Å². The van der Waals surface area contributed by atoms with E-state index in [-0.39, 0.29) is 11.9 Å². The molecule has 4 nitrogen and oxygen atoms in total. The summed E-state index contributed by atoms with van der Waals surface area (Å²) in [5.74, 6) is 1.02. The number of rotatable bonds is 5. The average Bonchev–Trinajstić information content (AvgIpc) is 3.11. The minimum atomic E-state index is 0.148. The maximum absolute atomic E-state index is 12.6. The van der Waals surface area contributed by atoms with E-state index in [9.17, 15) is 4.79 Å². The Labute approximate surface area is 141 Å².